The van der Waals surface area contributed by atoms with E-state index in [-0.39, 0.29) is 28.7 Å². The maximum Gasteiger partial charge on any atom is 0.418 e. The van der Waals surface area contributed by atoms with Gasteiger partial charge in [-0.25, -0.2) is 0 Å². The quantitative estimate of drug-likeness (QED) is 0.535. The average Bonchev–Trinajstić information content (AvgIpc) is 3.49. The molecule has 2 aromatic carbocycles. The van der Waals surface area contributed by atoms with Gasteiger partial charge in [0.05, 0.1) is 19.3 Å². The zero-order valence-electron chi connectivity index (χ0n) is 15.1. The molecule has 1 aliphatic carbocycles. The molecule has 28 heavy (non-hydrogen) atoms. The number of hydrogen-bond acceptors (Lipinski definition) is 3. The number of aliphatic hydroxyl groups is 1. The number of benzene rings is 2. The highest BCUT2D eigenvalue weighted by molar-refractivity contribution is 6.30. The van der Waals surface area contributed by atoms with Crippen molar-refractivity contribution in [2.24, 2.45) is 5.92 Å². The van der Waals surface area contributed by atoms with Gasteiger partial charge in [0.2, 0.25) is 0 Å². The first kappa shape index (κ1) is 20.4. The summed E-state index contributed by atoms with van der Waals surface area (Å²) in [6, 6.07) is 14.2. The fourth-order valence-corrected chi connectivity index (χ4v) is 2.84. The average molecular weight is 410 g/mol. The number of alkyl halides is 3. The van der Waals surface area contributed by atoms with E-state index in [4.69, 9.17) is 16.3 Å². The molecule has 0 radical (unpaired) electrons. The van der Waals surface area contributed by atoms with Gasteiger partial charge >= 0.3 is 6.18 Å². The lowest BCUT2D eigenvalue weighted by atomic mass is 10.0. The van der Waals surface area contributed by atoms with Gasteiger partial charge in [0.15, 0.2) is 6.10 Å². The first-order valence-electron chi connectivity index (χ1n) is 8.74. The summed E-state index contributed by atoms with van der Waals surface area (Å²) in [5.41, 5.74) is 0.699. The predicted molar refractivity (Wildman–Crippen MR) is 102 cm³/mol. The summed E-state index contributed by atoms with van der Waals surface area (Å²) in [6.07, 6.45) is -5.48. The van der Waals surface area contributed by atoms with Crippen LogP contribution in [0.15, 0.2) is 42.5 Å². The molecule has 1 fully saturated rings. The number of nitrogens with zero attached hydrogens (tertiary/aromatic N) is 1. The molecule has 148 valence electrons. The number of halogens is 4. The Balaban J connectivity index is 1.99. The van der Waals surface area contributed by atoms with Crippen LogP contribution in [0.25, 0.3) is 0 Å². The van der Waals surface area contributed by atoms with E-state index < -0.39 is 12.3 Å². The third-order valence-electron chi connectivity index (χ3n) is 4.37. The molecule has 0 spiro atoms. The molecule has 3 nitrogen and oxygen atoms in total. The van der Waals surface area contributed by atoms with E-state index >= 15 is 0 Å². The summed E-state index contributed by atoms with van der Waals surface area (Å²) in [6.45, 7) is 0.253. The zero-order chi connectivity index (χ0) is 20.3. The van der Waals surface area contributed by atoms with E-state index in [2.05, 4.69) is 12.0 Å². The van der Waals surface area contributed by atoms with Crippen LogP contribution in [-0.4, -0.2) is 18.4 Å². The largest absolute Gasteiger partial charge is 0.497 e. The fourth-order valence-electron chi connectivity index (χ4n) is 2.66. The first-order chi connectivity index (χ1) is 13.3. The van der Waals surface area contributed by atoms with Gasteiger partial charge in [-0.05, 0) is 48.7 Å². The van der Waals surface area contributed by atoms with Crippen LogP contribution in [0.5, 0.6) is 5.75 Å². The van der Waals surface area contributed by atoms with Crippen molar-refractivity contribution in [1.82, 2.24) is 0 Å². The summed E-state index contributed by atoms with van der Waals surface area (Å²) in [4.78, 5) is 1.53. The smallest absolute Gasteiger partial charge is 0.418 e. The number of methoxy groups -OCH3 is 1. The number of hydrogen-bond donors (Lipinski definition) is 1. The summed E-state index contributed by atoms with van der Waals surface area (Å²) in [7, 11) is 1.56. The molecule has 0 aliphatic heterocycles. The van der Waals surface area contributed by atoms with Crippen LogP contribution in [-0.2, 0) is 6.54 Å². The molecule has 1 saturated carbocycles. The first-order valence-corrected chi connectivity index (χ1v) is 9.11. The molecule has 2 aromatic rings. The van der Waals surface area contributed by atoms with E-state index in [1.807, 2.05) is 12.1 Å². The monoisotopic (exact) mass is 409 g/mol. The molecule has 1 aliphatic rings. The van der Waals surface area contributed by atoms with Crippen molar-refractivity contribution in [2.45, 2.75) is 31.7 Å². The van der Waals surface area contributed by atoms with Gasteiger partial charge in [0.25, 0.3) is 0 Å². The van der Waals surface area contributed by atoms with Gasteiger partial charge in [-0.15, -0.1) is 0 Å². The van der Waals surface area contributed by atoms with Crippen LogP contribution in [0.2, 0.25) is 5.02 Å². The minimum absolute atomic E-state index is 0.113. The molecular weight excluding hydrogens is 391 g/mol. The fraction of sp³-hybridized carbons (Fsp3) is 0.333. The number of aliphatic hydroxyl groups excluding tert-OH is 1. The lowest BCUT2D eigenvalue weighted by molar-refractivity contribution is -0.206. The van der Waals surface area contributed by atoms with Crippen molar-refractivity contribution < 1.29 is 23.0 Å². The van der Waals surface area contributed by atoms with Crippen LogP contribution in [0.4, 0.5) is 18.9 Å². The molecule has 1 N–H and O–H groups in total. The number of anilines is 1. The summed E-state index contributed by atoms with van der Waals surface area (Å²) < 4.78 is 44.7. The van der Waals surface area contributed by atoms with E-state index in [0.29, 0.717) is 5.75 Å². The highest BCUT2D eigenvalue weighted by atomic mass is 35.5. The van der Waals surface area contributed by atoms with Crippen molar-refractivity contribution in [3.63, 3.8) is 0 Å². The van der Waals surface area contributed by atoms with Crippen LogP contribution in [0, 0.1) is 17.9 Å². The second kappa shape index (κ2) is 8.34. The Kier molecular flexibility index (Phi) is 6.07. The Hall–Kier alpha value is -2.36. The van der Waals surface area contributed by atoms with Gasteiger partial charge in [-0.3, -0.25) is 4.90 Å². The Morgan fingerprint density at radius 1 is 1.21 bits per heavy atom. The minimum Gasteiger partial charge on any atom is -0.497 e. The highest BCUT2D eigenvalue weighted by Gasteiger charge is 2.41. The second-order valence-corrected chi connectivity index (χ2v) is 7.05. The Morgan fingerprint density at radius 3 is 2.46 bits per heavy atom. The Morgan fingerprint density at radius 2 is 1.89 bits per heavy atom. The van der Waals surface area contributed by atoms with E-state index in [0.717, 1.165) is 24.5 Å². The SMILES string of the molecule is COc1ccc(CN(C#CC2CC2)c2ccc(Cl)cc2[C@H](O)C(F)(F)F)cc1. The van der Waals surface area contributed by atoms with Crippen molar-refractivity contribution in [1.29, 1.82) is 0 Å². The van der Waals surface area contributed by atoms with Crippen LogP contribution in [0.1, 0.15) is 30.1 Å². The van der Waals surface area contributed by atoms with E-state index in [9.17, 15) is 18.3 Å². The van der Waals surface area contributed by atoms with Crippen LogP contribution >= 0.6 is 11.6 Å². The van der Waals surface area contributed by atoms with Crippen molar-refractivity contribution in [2.75, 3.05) is 12.0 Å². The van der Waals surface area contributed by atoms with Gasteiger partial charge in [0, 0.05) is 22.5 Å². The van der Waals surface area contributed by atoms with Crippen molar-refractivity contribution in [3.05, 3.63) is 58.6 Å². The number of ether oxygens (including phenoxy) is 1. The molecule has 1 atom stereocenters. The number of rotatable bonds is 5. The third kappa shape index (κ3) is 5.12. The van der Waals surface area contributed by atoms with Gasteiger partial charge in [0.1, 0.15) is 5.75 Å². The van der Waals surface area contributed by atoms with E-state index in [1.165, 1.54) is 17.0 Å². The standard InChI is InChI=1S/C21H19ClF3NO2/c1-28-17-7-4-15(5-8-17)13-26(11-10-14-2-3-14)19-9-6-16(22)12-18(19)20(27)21(23,24)25/h4-9,12,14,20,27H,2-3,13H2,1H3/t20-/m0/s1. The molecular formula is C21H19ClF3NO2. The Bertz CT molecular complexity index is 883. The summed E-state index contributed by atoms with van der Waals surface area (Å²) in [5.74, 6) is 4.02. The van der Waals surface area contributed by atoms with E-state index in [1.54, 1.807) is 19.2 Å². The zero-order valence-corrected chi connectivity index (χ0v) is 15.9. The molecule has 0 saturated heterocycles. The molecule has 0 unspecified atom stereocenters. The molecule has 7 heteroatoms. The van der Waals surface area contributed by atoms with Gasteiger partial charge < -0.3 is 9.84 Å². The lowest BCUT2D eigenvalue weighted by Crippen LogP contribution is -2.24. The maximum absolute atomic E-state index is 13.2. The van der Waals surface area contributed by atoms with Crippen molar-refractivity contribution >= 4 is 17.3 Å². The molecule has 3 rings (SSSR count). The molecule has 0 bridgehead atoms. The van der Waals surface area contributed by atoms with Crippen LogP contribution < -0.4 is 9.64 Å². The van der Waals surface area contributed by atoms with Gasteiger partial charge in [-0.1, -0.05) is 29.7 Å². The van der Waals surface area contributed by atoms with Gasteiger partial charge in [-0.2, -0.15) is 13.2 Å². The van der Waals surface area contributed by atoms with Crippen LogP contribution in [0.3, 0.4) is 0 Å². The predicted octanol–water partition coefficient (Wildman–Crippen LogP) is 5.32. The maximum atomic E-state index is 13.2. The minimum atomic E-state index is -4.81. The summed E-state index contributed by atoms with van der Waals surface area (Å²) in [5, 5.41) is 9.97. The highest BCUT2D eigenvalue weighted by Crippen LogP contribution is 2.39. The Labute approximate surface area is 166 Å². The normalized spacial score (nSPS) is 14.8. The second-order valence-electron chi connectivity index (χ2n) is 6.61. The lowest BCUT2D eigenvalue weighted by Gasteiger charge is -2.25. The summed E-state index contributed by atoms with van der Waals surface area (Å²) >= 11 is 5.90. The molecule has 0 heterocycles. The topological polar surface area (TPSA) is 32.7 Å². The molecule has 0 amide bonds. The third-order valence-corrected chi connectivity index (χ3v) is 4.60. The van der Waals surface area contributed by atoms with Crippen molar-refractivity contribution in [3.8, 4) is 17.7 Å². The molecule has 0 aromatic heterocycles.